The van der Waals surface area contributed by atoms with E-state index in [2.05, 4.69) is 0 Å². The molecule has 0 unspecified atom stereocenters. The van der Waals surface area contributed by atoms with E-state index in [1.54, 1.807) is 29.6 Å². The molecule has 0 atom stereocenters. The lowest BCUT2D eigenvalue weighted by molar-refractivity contribution is 0.0997. The van der Waals surface area contributed by atoms with Crippen molar-refractivity contribution in [3.63, 3.8) is 0 Å². The SMILES string of the molecule is O=C(Cc1cccc(Cl)c1Cl)c1sccc1Cl. The third-order valence-electron chi connectivity index (χ3n) is 2.25. The van der Waals surface area contributed by atoms with E-state index in [9.17, 15) is 4.79 Å². The predicted octanol–water partition coefficient (Wildman–Crippen LogP) is 5.13. The number of hydrogen-bond donors (Lipinski definition) is 0. The minimum atomic E-state index is -0.0471. The molecule has 2 rings (SSSR count). The molecule has 0 bridgehead atoms. The Morgan fingerprint density at radius 1 is 1.12 bits per heavy atom. The van der Waals surface area contributed by atoms with Gasteiger partial charge in [0.15, 0.2) is 5.78 Å². The second-order valence-electron chi connectivity index (χ2n) is 3.41. The van der Waals surface area contributed by atoms with Crippen LogP contribution in [-0.4, -0.2) is 5.78 Å². The molecule has 0 aliphatic heterocycles. The maximum atomic E-state index is 12.0. The number of benzene rings is 1. The lowest BCUT2D eigenvalue weighted by Gasteiger charge is -2.04. The lowest BCUT2D eigenvalue weighted by Crippen LogP contribution is -2.02. The highest BCUT2D eigenvalue weighted by Gasteiger charge is 2.15. The molecule has 0 aliphatic rings. The number of carbonyl (C=O) groups is 1. The highest BCUT2D eigenvalue weighted by molar-refractivity contribution is 7.12. The highest BCUT2D eigenvalue weighted by atomic mass is 35.5. The van der Waals surface area contributed by atoms with E-state index in [0.717, 1.165) is 0 Å². The molecule has 0 radical (unpaired) electrons. The molecule has 0 amide bonds. The summed E-state index contributed by atoms with van der Waals surface area (Å²) in [6, 6.07) is 6.95. The van der Waals surface area contributed by atoms with Crippen molar-refractivity contribution in [3.05, 3.63) is 55.2 Å². The summed E-state index contributed by atoms with van der Waals surface area (Å²) < 4.78 is 0. The molecule has 1 aromatic carbocycles. The summed E-state index contributed by atoms with van der Waals surface area (Å²) in [5.41, 5.74) is 0.716. The Hall–Kier alpha value is -0.540. The summed E-state index contributed by atoms with van der Waals surface area (Å²) in [5.74, 6) is -0.0471. The van der Waals surface area contributed by atoms with Crippen molar-refractivity contribution in [2.45, 2.75) is 6.42 Å². The zero-order valence-electron chi connectivity index (χ0n) is 8.54. The standard InChI is InChI=1S/C12H7Cl3OS/c13-8-3-1-2-7(11(8)15)6-10(16)12-9(14)4-5-17-12/h1-5H,6H2. The molecule has 2 aromatic rings. The second-order valence-corrected chi connectivity index (χ2v) is 5.52. The molecule has 88 valence electrons. The molecule has 0 N–H and O–H groups in total. The van der Waals surface area contributed by atoms with Crippen molar-refractivity contribution < 1.29 is 4.79 Å². The first-order chi connectivity index (χ1) is 8.09. The van der Waals surface area contributed by atoms with Gasteiger partial charge in [0.25, 0.3) is 0 Å². The van der Waals surface area contributed by atoms with Gasteiger partial charge < -0.3 is 0 Å². The number of ketones is 1. The molecule has 0 saturated carbocycles. The van der Waals surface area contributed by atoms with Gasteiger partial charge in [-0.15, -0.1) is 11.3 Å². The van der Waals surface area contributed by atoms with Crippen molar-refractivity contribution in [2.75, 3.05) is 0 Å². The minimum absolute atomic E-state index is 0.0471. The first-order valence-corrected chi connectivity index (χ1v) is 6.80. The van der Waals surface area contributed by atoms with Crippen LogP contribution in [0.4, 0.5) is 0 Å². The molecule has 17 heavy (non-hydrogen) atoms. The predicted molar refractivity (Wildman–Crippen MR) is 73.8 cm³/mol. The zero-order chi connectivity index (χ0) is 12.4. The maximum Gasteiger partial charge on any atom is 0.178 e. The van der Waals surface area contributed by atoms with Gasteiger partial charge in [0.2, 0.25) is 0 Å². The van der Waals surface area contributed by atoms with Gasteiger partial charge in [0.05, 0.1) is 19.9 Å². The molecule has 1 heterocycles. The van der Waals surface area contributed by atoms with Crippen molar-refractivity contribution in [2.24, 2.45) is 0 Å². The average Bonchev–Trinajstić information content (AvgIpc) is 2.71. The van der Waals surface area contributed by atoms with Gasteiger partial charge in [-0.25, -0.2) is 0 Å². The summed E-state index contributed by atoms with van der Waals surface area (Å²) in [6.45, 7) is 0. The van der Waals surface area contributed by atoms with Crippen molar-refractivity contribution in [3.8, 4) is 0 Å². The van der Waals surface area contributed by atoms with Crippen LogP contribution in [0.2, 0.25) is 15.1 Å². The Bertz CT molecular complexity index is 563. The van der Waals surface area contributed by atoms with Gasteiger partial charge in [-0.1, -0.05) is 46.9 Å². The molecule has 1 nitrogen and oxygen atoms in total. The summed E-state index contributed by atoms with van der Waals surface area (Å²) in [4.78, 5) is 12.5. The van der Waals surface area contributed by atoms with Gasteiger partial charge in [0, 0.05) is 6.42 Å². The van der Waals surface area contributed by atoms with Crippen LogP contribution in [0.1, 0.15) is 15.2 Å². The molecule has 0 spiro atoms. The fraction of sp³-hybridized carbons (Fsp3) is 0.0833. The third-order valence-corrected chi connectivity index (χ3v) is 4.49. The van der Waals surface area contributed by atoms with Crippen LogP contribution in [0.5, 0.6) is 0 Å². The molecule has 5 heteroatoms. The monoisotopic (exact) mass is 304 g/mol. The van der Waals surface area contributed by atoms with Crippen LogP contribution in [0.15, 0.2) is 29.6 Å². The first-order valence-electron chi connectivity index (χ1n) is 4.78. The van der Waals surface area contributed by atoms with Crippen LogP contribution in [-0.2, 0) is 6.42 Å². The lowest BCUT2D eigenvalue weighted by atomic mass is 10.1. The highest BCUT2D eigenvalue weighted by Crippen LogP contribution is 2.28. The Morgan fingerprint density at radius 3 is 2.53 bits per heavy atom. The number of carbonyl (C=O) groups excluding carboxylic acids is 1. The first kappa shape index (κ1) is 12.9. The molecule has 0 aliphatic carbocycles. The second kappa shape index (κ2) is 5.40. The summed E-state index contributed by atoms with van der Waals surface area (Å²) in [7, 11) is 0. The smallest absolute Gasteiger partial charge is 0.178 e. The Balaban J connectivity index is 2.25. The molecular weight excluding hydrogens is 299 g/mol. The van der Waals surface area contributed by atoms with Crippen molar-refractivity contribution in [1.29, 1.82) is 0 Å². The van der Waals surface area contributed by atoms with E-state index in [4.69, 9.17) is 34.8 Å². The van der Waals surface area contributed by atoms with Gasteiger partial charge in [-0.2, -0.15) is 0 Å². The van der Waals surface area contributed by atoms with Crippen LogP contribution in [0.3, 0.4) is 0 Å². The molecular formula is C12H7Cl3OS. The van der Waals surface area contributed by atoms with Crippen molar-refractivity contribution in [1.82, 2.24) is 0 Å². The quantitative estimate of drug-likeness (QED) is 0.718. The fourth-order valence-corrected chi connectivity index (χ4v) is 2.92. The summed E-state index contributed by atoms with van der Waals surface area (Å²) in [5, 5.41) is 3.15. The van der Waals surface area contributed by atoms with Gasteiger partial charge in [-0.3, -0.25) is 4.79 Å². The maximum absolute atomic E-state index is 12.0. The number of Topliss-reactive ketones (excluding diaryl/α,β-unsaturated/α-hetero) is 1. The number of rotatable bonds is 3. The Labute approximate surface area is 118 Å². The van der Waals surface area contributed by atoms with E-state index in [0.29, 0.717) is 25.5 Å². The van der Waals surface area contributed by atoms with Gasteiger partial charge in [0.1, 0.15) is 0 Å². The van der Waals surface area contributed by atoms with E-state index in [1.165, 1.54) is 11.3 Å². The van der Waals surface area contributed by atoms with Crippen LogP contribution >= 0.6 is 46.1 Å². The number of hydrogen-bond acceptors (Lipinski definition) is 2. The van der Waals surface area contributed by atoms with Crippen LogP contribution in [0.25, 0.3) is 0 Å². The molecule has 0 saturated heterocycles. The fourth-order valence-electron chi connectivity index (χ4n) is 1.43. The Morgan fingerprint density at radius 2 is 1.88 bits per heavy atom. The topological polar surface area (TPSA) is 17.1 Å². The summed E-state index contributed by atoms with van der Waals surface area (Å²) >= 11 is 19.1. The van der Waals surface area contributed by atoms with E-state index in [-0.39, 0.29) is 12.2 Å². The number of thiophene rings is 1. The Kier molecular flexibility index (Phi) is 4.10. The zero-order valence-corrected chi connectivity index (χ0v) is 11.6. The van der Waals surface area contributed by atoms with E-state index < -0.39 is 0 Å². The van der Waals surface area contributed by atoms with Gasteiger partial charge in [-0.05, 0) is 23.1 Å². The van der Waals surface area contributed by atoms with Crippen molar-refractivity contribution >= 4 is 51.9 Å². The minimum Gasteiger partial charge on any atom is -0.293 e. The number of halogens is 3. The van der Waals surface area contributed by atoms with E-state index in [1.807, 2.05) is 0 Å². The average molecular weight is 306 g/mol. The molecule has 0 fully saturated rings. The van der Waals surface area contributed by atoms with Gasteiger partial charge >= 0.3 is 0 Å². The van der Waals surface area contributed by atoms with E-state index >= 15 is 0 Å². The molecule has 1 aromatic heterocycles. The van der Waals surface area contributed by atoms with Crippen LogP contribution < -0.4 is 0 Å². The third kappa shape index (κ3) is 2.83. The normalized spacial score (nSPS) is 10.5. The largest absolute Gasteiger partial charge is 0.293 e. The summed E-state index contributed by atoms with van der Waals surface area (Å²) in [6.07, 6.45) is 0.208. The van der Waals surface area contributed by atoms with Crippen LogP contribution in [0, 0.1) is 0 Å².